The molecule has 0 aliphatic heterocycles. The van der Waals surface area contributed by atoms with E-state index in [0.29, 0.717) is 5.13 Å². The Kier molecular flexibility index (Phi) is 3.62. The summed E-state index contributed by atoms with van der Waals surface area (Å²) in [5, 5.41) is 9.49. The van der Waals surface area contributed by atoms with E-state index in [9.17, 15) is 4.79 Å². The monoisotopic (exact) mass is 229 g/mol. The van der Waals surface area contributed by atoms with Gasteiger partial charge in [0, 0.05) is 24.5 Å². The Balaban J connectivity index is 2.82. The fourth-order valence-corrected chi connectivity index (χ4v) is 1.78. The number of aromatic nitrogens is 2. The molecule has 0 fully saturated rings. The minimum Gasteiger partial charge on any atom is -0.480 e. The van der Waals surface area contributed by atoms with Crippen molar-refractivity contribution in [3.63, 3.8) is 0 Å². The van der Waals surface area contributed by atoms with Crippen LogP contribution in [0.15, 0.2) is 0 Å². The lowest BCUT2D eigenvalue weighted by Crippen LogP contribution is -2.35. The van der Waals surface area contributed by atoms with Crippen molar-refractivity contribution in [1.82, 2.24) is 9.36 Å². The third-order valence-corrected chi connectivity index (χ3v) is 3.01. The Hall–Kier alpha value is -1.17. The summed E-state index contributed by atoms with van der Waals surface area (Å²) in [5.74, 6) is 0.168. The summed E-state index contributed by atoms with van der Waals surface area (Å²) >= 11 is 1.23. The molecule has 1 N–H and O–H groups in total. The molecule has 0 saturated carbocycles. The molecule has 0 radical (unpaired) electrons. The van der Waals surface area contributed by atoms with E-state index in [-0.39, 0.29) is 5.92 Å². The van der Waals surface area contributed by atoms with Crippen LogP contribution >= 0.6 is 11.5 Å². The SMILES string of the molecule is CC(C)c1nsc(N(C)C(C)C(=O)O)n1. The second-order valence-corrected chi connectivity index (χ2v) is 4.45. The van der Waals surface area contributed by atoms with Gasteiger partial charge in [0.1, 0.15) is 11.9 Å². The minimum absolute atomic E-state index is 0.267. The first-order valence-corrected chi connectivity index (χ1v) is 5.50. The van der Waals surface area contributed by atoms with Crippen LogP contribution in [0, 0.1) is 0 Å². The quantitative estimate of drug-likeness (QED) is 0.849. The molecule has 1 atom stereocenters. The van der Waals surface area contributed by atoms with E-state index >= 15 is 0 Å². The Morgan fingerprint density at radius 3 is 2.47 bits per heavy atom. The first-order chi connectivity index (χ1) is 6.93. The zero-order valence-corrected chi connectivity index (χ0v) is 10.1. The van der Waals surface area contributed by atoms with Gasteiger partial charge in [-0.15, -0.1) is 0 Å². The first-order valence-electron chi connectivity index (χ1n) is 4.72. The second-order valence-electron chi connectivity index (χ2n) is 3.71. The number of hydrogen-bond acceptors (Lipinski definition) is 5. The third kappa shape index (κ3) is 2.65. The maximum absolute atomic E-state index is 10.8. The molecule has 0 aromatic carbocycles. The lowest BCUT2D eigenvalue weighted by Gasteiger charge is -2.19. The van der Waals surface area contributed by atoms with Crippen molar-refractivity contribution < 1.29 is 9.90 Å². The van der Waals surface area contributed by atoms with Crippen LogP contribution in [0.2, 0.25) is 0 Å². The lowest BCUT2D eigenvalue weighted by molar-refractivity contribution is -0.138. The van der Waals surface area contributed by atoms with E-state index < -0.39 is 12.0 Å². The van der Waals surface area contributed by atoms with E-state index in [1.54, 1.807) is 18.9 Å². The van der Waals surface area contributed by atoms with Crippen LogP contribution in [0.5, 0.6) is 0 Å². The van der Waals surface area contributed by atoms with Crippen molar-refractivity contribution in [1.29, 1.82) is 0 Å². The molecule has 1 unspecified atom stereocenters. The predicted octanol–water partition coefficient (Wildman–Crippen LogP) is 1.57. The highest BCUT2D eigenvalue weighted by Gasteiger charge is 2.20. The number of likely N-dealkylation sites (N-methyl/N-ethyl adjacent to an activating group) is 1. The Morgan fingerprint density at radius 1 is 1.47 bits per heavy atom. The van der Waals surface area contributed by atoms with Crippen LogP contribution in [-0.2, 0) is 4.79 Å². The molecule has 0 aliphatic carbocycles. The Labute approximate surface area is 92.9 Å². The maximum atomic E-state index is 10.8. The molecule has 1 rings (SSSR count). The van der Waals surface area contributed by atoms with Crippen molar-refractivity contribution in [2.75, 3.05) is 11.9 Å². The van der Waals surface area contributed by atoms with E-state index in [0.717, 1.165) is 5.82 Å². The summed E-state index contributed by atoms with van der Waals surface area (Å²) in [6.45, 7) is 5.64. The van der Waals surface area contributed by atoms with Crippen molar-refractivity contribution in [3.8, 4) is 0 Å². The van der Waals surface area contributed by atoms with Gasteiger partial charge in [0.2, 0.25) is 5.13 Å². The van der Waals surface area contributed by atoms with Gasteiger partial charge >= 0.3 is 5.97 Å². The molecule has 0 amide bonds. The minimum atomic E-state index is -0.862. The fraction of sp³-hybridized carbons (Fsp3) is 0.667. The smallest absolute Gasteiger partial charge is 0.326 e. The highest BCUT2D eigenvalue weighted by molar-refractivity contribution is 7.09. The number of nitrogens with zero attached hydrogens (tertiary/aromatic N) is 3. The summed E-state index contributed by atoms with van der Waals surface area (Å²) in [6, 6.07) is -0.585. The molecule has 84 valence electrons. The first kappa shape index (κ1) is 11.9. The normalized spacial score (nSPS) is 12.9. The summed E-state index contributed by atoms with van der Waals surface area (Å²) in [7, 11) is 1.71. The number of rotatable bonds is 4. The lowest BCUT2D eigenvalue weighted by atomic mass is 10.2. The molecule has 0 saturated heterocycles. The molecule has 5 nitrogen and oxygen atoms in total. The number of carboxylic acid groups (broad SMARTS) is 1. The molecule has 0 bridgehead atoms. The summed E-state index contributed by atoms with van der Waals surface area (Å²) in [6.07, 6.45) is 0. The van der Waals surface area contributed by atoms with Crippen molar-refractivity contribution in [2.45, 2.75) is 32.7 Å². The maximum Gasteiger partial charge on any atom is 0.326 e. The van der Waals surface area contributed by atoms with Crippen LogP contribution < -0.4 is 4.90 Å². The molecular weight excluding hydrogens is 214 g/mol. The van der Waals surface area contributed by atoms with Crippen molar-refractivity contribution in [3.05, 3.63) is 5.82 Å². The zero-order chi connectivity index (χ0) is 11.6. The summed E-state index contributed by atoms with van der Waals surface area (Å²) in [5.41, 5.74) is 0. The van der Waals surface area contributed by atoms with Gasteiger partial charge in [-0.05, 0) is 6.92 Å². The molecule has 1 aromatic heterocycles. The van der Waals surface area contributed by atoms with Crippen LogP contribution in [0.1, 0.15) is 32.5 Å². The molecule has 0 spiro atoms. The van der Waals surface area contributed by atoms with E-state index in [1.807, 2.05) is 13.8 Å². The van der Waals surface area contributed by atoms with Gasteiger partial charge in [-0.2, -0.15) is 4.37 Å². The van der Waals surface area contributed by atoms with Gasteiger partial charge in [0.05, 0.1) is 0 Å². The molecule has 1 aromatic rings. The van der Waals surface area contributed by atoms with E-state index in [2.05, 4.69) is 9.36 Å². The van der Waals surface area contributed by atoms with Crippen LogP contribution in [0.4, 0.5) is 5.13 Å². The standard InChI is InChI=1S/C9H15N3O2S/c1-5(2)7-10-9(15-11-7)12(4)6(3)8(13)14/h5-6H,1-4H3,(H,13,14). The van der Waals surface area contributed by atoms with Gasteiger partial charge in [0.15, 0.2) is 0 Å². The number of carbonyl (C=O) groups is 1. The van der Waals surface area contributed by atoms with Gasteiger partial charge in [0.25, 0.3) is 0 Å². The van der Waals surface area contributed by atoms with E-state index in [4.69, 9.17) is 5.11 Å². The van der Waals surface area contributed by atoms with Crippen molar-refractivity contribution in [2.24, 2.45) is 0 Å². The van der Waals surface area contributed by atoms with Crippen LogP contribution in [0.25, 0.3) is 0 Å². The topological polar surface area (TPSA) is 66.3 Å². The molecular formula is C9H15N3O2S. The van der Waals surface area contributed by atoms with Crippen molar-refractivity contribution >= 4 is 22.6 Å². The highest BCUT2D eigenvalue weighted by atomic mass is 32.1. The predicted molar refractivity (Wildman–Crippen MR) is 59.5 cm³/mol. The summed E-state index contributed by atoms with van der Waals surface area (Å²) in [4.78, 5) is 16.7. The Morgan fingerprint density at radius 2 is 2.07 bits per heavy atom. The molecule has 15 heavy (non-hydrogen) atoms. The van der Waals surface area contributed by atoms with Gasteiger partial charge in [-0.25, -0.2) is 9.78 Å². The van der Waals surface area contributed by atoms with Gasteiger partial charge in [-0.1, -0.05) is 13.8 Å². The largest absolute Gasteiger partial charge is 0.480 e. The number of hydrogen-bond donors (Lipinski definition) is 1. The third-order valence-electron chi connectivity index (χ3n) is 2.19. The van der Waals surface area contributed by atoms with E-state index in [1.165, 1.54) is 11.5 Å². The fourth-order valence-electron chi connectivity index (χ4n) is 0.935. The number of carboxylic acids is 1. The Bertz CT molecular complexity index is 351. The average molecular weight is 229 g/mol. The number of anilines is 1. The molecule has 1 heterocycles. The summed E-state index contributed by atoms with van der Waals surface area (Å²) < 4.78 is 4.17. The van der Waals surface area contributed by atoms with Crippen LogP contribution in [-0.4, -0.2) is 33.5 Å². The molecule has 0 aliphatic rings. The molecule has 6 heteroatoms. The van der Waals surface area contributed by atoms with Crippen LogP contribution in [0.3, 0.4) is 0 Å². The number of aliphatic carboxylic acids is 1. The van der Waals surface area contributed by atoms with Gasteiger partial charge in [-0.3, -0.25) is 0 Å². The average Bonchev–Trinajstić information content (AvgIpc) is 2.64. The highest BCUT2D eigenvalue weighted by Crippen LogP contribution is 2.21. The second kappa shape index (κ2) is 4.57. The zero-order valence-electron chi connectivity index (χ0n) is 9.26. The van der Waals surface area contributed by atoms with Gasteiger partial charge < -0.3 is 10.0 Å².